The Hall–Kier alpha value is -3.03. The van der Waals surface area contributed by atoms with E-state index in [-0.39, 0.29) is 29.3 Å². The number of rotatable bonds is 0. The van der Waals surface area contributed by atoms with Crippen molar-refractivity contribution in [3.8, 4) is 0 Å². The molecule has 0 atom stereocenters. The maximum atomic E-state index is 4.13. The highest BCUT2D eigenvalue weighted by atomic mass is 15.3. The van der Waals surface area contributed by atoms with Crippen molar-refractivity contribution in [2.45, 2.75) is 113 Å². The van der Waals surface area contributed by atoms with Crippen LogP contribution >= 0.6 is 0 Å². The molecule has 0 bridgehead atoms. The summed E-state index contributed by atoms with van der Waals surface area (Å²) in [6.45, 7) is 25.7. The molecule has 4 heterocycles. The number of H-pyrrole nitrogens is 1. The maximum Gasteiger partial charge on any atom is 0.137 e. The fourth-order valence-corrected chi connectivity index (χ4v) is 2.75. The van der Waals surface area contributed by atoms with E-state index in [2.05, 4.69) is 130 Å². The number of nitrogens with zero attached hydrogens (tertiary/aromatic N) is 7. The molecule has 0 aromatic carbocycles. The Morgan fingerprint density at radius 1 is 0.811 bits per heavy atom. The Balaban J connectivity index is 0.000000463. The second kappa shape index (κ2) is 14.1. The van der Waals surface area contributed by atoms with E-state index >= 15 is 0 Å². The number of aromatic nitrogens is 6. The van der Waals surface area contributed by atoms with E-state index in [0.29, 0.717) is 0 Å². The summed E-state index contributed by atoms with van der Waals surface area (Å²) >= 11 is 0. The average Bonchev–Trinajstić information content (AvgIpc) is 3.57. The van der Waals surface area contributed by atoms with Crippen LogP contribution in [0.2, 0.25) is 0 Å². The molecule has 0 saturated heterocycles. The van der Waals surface area contributed by atoms with Crippen LogP contribution in [0.4, 0.5) is 0 Å². The fraction of sp³-hybridized carbons (Fsp3) is 0.621. The van der Waals surface area contributed by atoms with Crippen molar-refractivity contribution in [2.24, 2.45) is 15.6 Å². The van der Waals surface area contributed by atoms with Gasteiger partial charge in [0.25, 0.3) is 0 Å². The summed E-state index contributed by atoms with van der Waals surface area (Å²) < 4.78 is 4.01. The number of hydrogen-bond donors (Lipinski definition) is 1. The van der Waals surface area contributed by atoms with Gasteiger partial charge in [-0.2, -0.15) is 15.3 Å². The third-order valence-electron chi connectivity index (χ3n) is 5.10. The Labute approximate surface area is 225 Å². The topological polar surface area (TPSA) is 89.0 Å². The van der Waals surface area contributed by atoms with Crippen molar-refractivity contribution in [1.82, 2.24) is 29.3 Å². The van der Waals surface area contributed by atoms with Crippen LogP contribution in [0.25, 0.3) is 0 Å². The minimum atomic E-state index is 0. The summed E-state index contributed by atoms with van der Waals surface area (Å²) in [5, 5.41) is 11.8. The number of aromatic amines is 1. The van der Waals surface area contributed by atoms with Gasteiger partial charge in [-0.3, -0.25) is 0 Å². The molecule has 0 unspecified atom stereocenters. The lowest BCUT2D eigenvalue weighted by Crippen LogP contribution is -2.21. The first-order valence-corrected chi connectivity index (χ1v) is 12.5. The maximum absolute atomic E-state index is 4.13. The van der Waals surface area contributed by atoms with E-state index in [4.69, 9.17) is 0 Å². The lowest BCUT2D eigenvalue weighted by atomic mass is 9.89. The van der Waals surface area contributed by atoms with Gasteiger partial charge >= 0.3 is 0 Å². The molecule has 0 saturated carbocycles. The van der Waals surface area contributed by atoms with Crippen molar-refractivity contribution in [2.75, 3.05) is 0 Å². The average molecular weight is 513 g/mol. The van der Waals surface area contributed by atoms with Gasteiger partial charge in [-0.15, -0.1) is 0 Å². The minimum Gasteiger partial charge on any atom is -0.349 e. The highest BCUT2D eigenvalue weighted by molar-refractivity contribution is 6.01. The summed E-state index contributed by atoms with van der Waals surface area (Å²) in [5.74, 6) is 1.04. The standard InChI is InChI=1S/C8H13N.2C7H12N2.C6H11N3.CH4/c1-8(2,3)9-6-4-5-7-9;1-7(2,3)6-8-4-5-9-6;1-7(2,3)6-4-5-8-9-6;1-6(2,3)9-5-7-4-8-9;/h4-7H,1-3H3;4-5H,1-3H3,(H,8,9);5H,4H2,1-3H3;4-5H,1-3H3;1H4. The third-order valence-corrected chi connectivity index (χ3v) is 5.10. The van der Waals surface area contributed by atoms with Gasteiger partial charge in [-0.05, 0) is 53.7 Å². The van der Waals surface area contributed by atoms with Gasteiger partial charge in [-0.1, -0.05) is 49.0 Å². The Kier molecular flexibility index (Phi) is 12.9. The van der Waals surface area contributed by atoms with E-state index in [1.54, 1.807) is 18.9 Å². The molecule has 0 spiro atoms. The summed E-state index contributed by atoms with van der Waals surface area (Å²) in [4.78, 5) is 11.0. The first-order chi connectivity index (χ1) is 16.4. The molecule has 37 heavy (non-hydrogen) atoms. The number of hydrogen-bond acceptors (Lipinski definition) is 5. The minimum absolute atomic E-state index is 0. The van der Waals surface area contributed by atoms with Gasteiger partial charge < -0.3 is 9.55 Å². The Morgan fingerprint density at radius 3 is 1.62 bits per heavy atom. The van der Waals surface area contributed by atoms with Gasteiger partial charge in [0.05, 0.1) is 11.3 Å². The fourth-order valence-electron chi connectivity index (χ4n) is 2.75. The smallest absolute Gasteiger partial charge is 0.137 e. The van der Waals surface area contributed by atoms with Crippen molar-refractivity contribution >= 4 is 11.9 Å². The molecule has 3 aromatic heterocycles. The summed E-state index contributed by atoms with van der Waals surface area (Å²) in [5.41, 5.74) is 1.85. The summed E-state index contributed by atoms with van der Waals surface area (Å²) in [6, 6.07) is 4.09. The molecular weight excluding hydrogens is 460 g/mol. The van der Waals surface area contributed by atoms with Gasteiger partial charge in [0, 0.05) is 53.8 Å². The van der Waals surface area contributed by atoms with Gasteiger partial charge in [0.15, 0.2) is 0 Å². The molecular formula is C29H52N8. The molecule has 1 aliphatic heterocycles. The Morgan fingerprint density at radius 2 is 1.41 bits per heavy atom. The third kappa shape index (κ3) is 13.2. The lowest BCUT2D eigenvalue weighted by Gasteiger charge is -2.20. The first-order valence-electron chi connectivity index (χ1n) is 12.5. The zero-order chi connectivity index (χ0) is 27.6. The highest BCUT2D eigenvalue weighted by Crippen LogP contribution is 2.20. The van der Waals surface area contributed by atoms with E-state index in [9.17, 15) is 0 Å². The van der Waals surface area contributed by atoms with Crippen molar-refractivity contribution in [1.29, 1.82) is 0 Å². The predicted molar refractivity (Wildman–Crippen MR) is 158 cm³/mol. The SMILES string of the molecule is C.CC(C)(C)C1=NN=CC1.CC(C)(C)c1ncc[nH]1.CC(C)(C)n1cccc1.CC(C)(C)n1cncn1. The second-order valence-electron chi connectivity index (χ2n) is 12.8. The van der Waals surface area contributed by atoms with E-state index < -0.39 is 0 Å². The van der Waals surface area contributed by atoms with Crippen LogP contribution in [0.1, 0.15) is 103 Å². The number of nitrogens with one attached hydrogen (secondary N) is 1. The Bertz CT molecular complexity index is 909. The molecule has 1 N–H and O–H groups in total. The monoisotopic (exact) mass is 512 g/mol. The van der Waals surface area contributed by atoms with Gasteiger partial charge in [-0.25, -0.2) is 14.6 Å². The van der Waals surface area contributed by atoms with Crippen LogP contribution in [0, 0.1) is 5.41 Å². The molecule has 8 heteroatoms. The number of imidazole rings is 1. The van der Waals surface area contributed by atoms with Crippen molar-refractivity contribution in [3.63, 3.8) is 0 Å². The molecule has 208 valence electrons. The van der Waals surface area contributed by atoms with Crippen LogP contribution in [0.15, 0.2) is 59.8 Å². The van der Waals surface area contributed by atoms with E-state index in [1.165, 1.54) is 5.71 Å². The molecule has 0 amide bonds. The largest absolute Gasteiger partial charge is 0.349 e. The normalized spacial score (nSPS) is 13.1. The first kappa shape index (κ1) is 34.0. The predicted octanol–water partition coefficient (Wildman–Crippen LogP) is 7.48. The van der Waals surface area contributed by atoms with Gasteiger partial charge in [0.2, 0.25) is 0 Å². The van der Waals surface area contributed by atoms with Gasteiger partial charge in [0.1, 0.15) is 18.5 Å². The molecule has 1 aliphatic rings. The highest BCUT2D eigenvalue weighted by Gasteiger charge is 2.19. The van der Waals surface area contributed by atoms with Crippen LogP contribution < -0.4 is 0 Å². The molecule has 4 rings (SSSR count). The summed E-state index contributed by atoms with van der Waals surface area (Å²) in [6.07, 6.45) is 13.8. The zero-order valence-electron chi connectivity index (χ0n) is 24.5. The van der Waals surface area contributed by atoms with E-state index in [1.807, 2.05) is 29.2 Å². The lowest BCUT2D eigenvalue weighted by molar-refractivity contribution is 0.354. The molecule has 0 radical (unpaired) electrons. The van der Waals surface area contributed by atoms with Crippen molar-refractivity contribution in [3.05, 3.63) is 55.4 Å². The van der Waals surface area contributed by atoms with Crippen LogP contribution in [-0.2, 0) is 16.5 Å². The molecule has 8 nitrogen and oxygen atoms in total. The van der Waals surface area contributed by atoms with Crippen LogP contribution in [-0.4, -0.2) is 41.2 Å². The second-order valence-corrected chi connectivity index (χ2v) is 12.8. The van der Waals surface area contributed by atoms with E-state index in [0.717, 1.165) is 12.2 Å². The molecule has 0 aliphatic carbocycles. The quantitative estimate of drug-likeness (QED) is 0.338. The zero-order valence-corrected chi connectivity index (χ0v) is 24.5. The summed E-state index contributed by atoms with van der Waals surface area (Å²) in [7, 11) is 0. The van der Waals surface area contributed by atoms with Crippen molar-refractivity contribution < 1.29 is 0 Å². The van der Waals surface area contributed by atoms with Crippen LogP contribution in [0.5, 0.6) is 0 Å². The molecule has 3 aromatic rings. The van der Waals surface area contributed by atoms with Crippen LogP contribution in [0.3, 0.4) is 0 Å². The molecule has 0 fully saturated rings.